The molecule has 0 saturated carbocycles. The predicted molar refractivity (Wildman–Crippen MR) is 112 cm³/mol. The van der Waals surface area contributed by atoms with Crippen LogP contribution < -0.4 is 16.4 Å². The van der Waals surface area contributed by atoms with Crippen LogP contribution in [0.15, 0.2) is 10.1 Å². The van der Waals surface area contributed by atoms with E-state index in [1.807, 2.05) is 11.9 Å². The second-order valence-corrected chi connectivity index (χ2v) is 6.66. The summed E-state index contributed by atoms with van der Waals surface area (Å²) < 4.78 is 0. The third kappa shape index (κ3) is 10.9. The first-order chi connectivity index (χ1) is 13.7. The number of nitrogens with one attached hydrogen (secondary N) is 3. The van der Waals surface area contributed by atoms with Crippen LogP contribution in [0, 0.1) is 5.41 Å². The first-order valence-electron chi connectivity index (χ1n) is 9.51. The van der Waals surface area contributed by atoms with E-state index in [-0.39, 0.29) is 36.8 Å². The van der Waals surface area contributed by atoms with Crippen LogP contribution in [0.3, 0.4) is 0 Å². The average molecular weight is 412 g/mol. The molecule has 0 spiro atoms. The van der Waals surface area contributed by atoms with E-state index in [9.17, 15) is 14.4 Å². The van der Waals surface area contributed by atoms with Gasteiger partial charge in [-0.2, -0.15) is 0 Å². The maximum Gasteiger partial charge on any atom is 0.286 e. The third-order valence-corrected chi connectivity index (χ3v) is 4.01. The van der Waals surface area contributed by atoms with E-state index < -0.39 is 23.7 Å². The number of oxime groups is 1. The molecular weight excluding hydrogens is 378 g/mol. The lowest BCUT2D eigenvalue weighted by Crippen LogP contribution is -2.51. The van der Waals surface area contributed by atoms with Crippen molar-refractivity contribution < 1.29 is 19.6 Å². The van der Waals surface area contributed by atoms with Gasteiger partial charge >= 0.3 is 0 Å². The van der Waals surface area contributed by atoms with E-state index in [0.717, 1.165) is 19.4 Å². The van der Waals surface area contributed by atoms with Gasteiger partial charge in [0.15, 0.2) is 11.6 Å². The Balaban J connectivity index is 4.61. The van der Waals surface area contributed by atoms with E-state index in [2.05, 4.69) is 27.7 Å². The zero-order valence-corrected chi connectivity index (χ0v) is 17.6. The van der Waals surface area contributed by atoms with E-state index in [1.165, 1.54) is 6.92 Å². The summed E-state index contributed by atoms with van der Waals surface area (Å²) in [6.45, 7) is 5.86. The Morgan fingerprint density at radius 1 is 1.28 bits per heavy atom. The van der Waals surface area contributed by atoms with Crippen LogP contribution in [-0.4, -0.2) is 84.2 Å². The zero-order valence-electron chi connectivity index (χ0n) is 17.6. The second kappa shape index (κ2) is 14.2. The highest BCUT2D eigenvalue weighted by Crippen LogP contribution is 1.94. The molecule has 29 heavy (non-hydrogen) atoms. The number of amidine groups is 1. The standard InChI is InChI=1S/C18H33N7O4/c1-5-7-8-25(4)11-13(26)9-22-17(27)14(6-2)23-18(28)16(20)21-10-15(24-29)12(3)19/h14,19,29H,5-11H2,1-4H3,(H2,20,21)(H,22,27)(H,23,28)/b19-12?,24-15-. The maximum absolute atomic E-state index is 12.2. The topological polar surface area (TPSA) is 173 Å². The van der Waals surface area contributed by atoms with Gasteiger partial charge in [0.1, 0.15) is 11.8 Å². The summed E-state index contributed by atoms with van der Waals surface area (Å²) >= 11 is 0. The van der Waals surface area contributed by atoms with Gasteiger partial charge in [0.2, 0.25) is 5.91 Å². The fourth-order valence-electron chi connectivity index (χ4n) is 2.22. The summed E-state index contributed by atoms with van der Waals surface area (Å²) in [5.41, 5.74) is 5.53. The number of nitrogens with zero attached hydrogens (tertiary/aromatic N) is 3. The van der Waals surface area contributed by atoms with Crippen molar-refractivity contribution in [3.05, 3.63) is 0 Å². The van der Waals surface area contributed by atoms with E-state index in [0.29, 0.717) is 6.42 Å². The molecule has 0 rings (SSSR count). The van der Waals surface area contributed by atoms with Crippen LogP contribution in [0.1, 0.15) is 40.0 Å². The van der Waals surface area contributed by atoms with Gasteiger partial charge in [-0.1, -0.05) is 25.4 Å². The Bertz CT molecular complexity index is 646. The number of carbonyl (C=O) groups is 3. The molecule has 0 radical (unpaired) electrons. The lowest BCUT2D eigenvalue weighted by molar-refractivity contribution is -0.128. The number of Topliss-reactive ketones (excluding diaryl/α,β-unsaturated/α-hetero) is 1. The Morgan fingerprint density at radius 3 is 2.45 bits per heavy atom. The highest BCUT2D eigenvalue weighted by molar-refractivity contribution is 6.42. The van der Waals surface area contributed by atoms with Gasteiger partial charge in [-0.25, -0.2) is 0 Å². The highest BCUT2D eigenvalue weighted by Gasteiger charge is 2.21. The molecule has 0 heterocycles. The first-order valence-corrected chi connectivity index (χ1v) is 9.51. The van der Waals surface area contributed by atoms with Crippen molar-refractivity contribution >= 4 is 34.9 Å². The summed E-state index contributed by atoms with van der Waals surface area (Å²) in [6, 6.07) is -0.877. The fraction of sp³-hybridized carbons (Fsp3) is 0.667. The average Bonchev–Trinajstić information content (AvgIpc) is 2.68. The summed E-state index contributed by atoms with van der Waals surface area (Å²) in [5, 5.41) is 24.0. The minimum Gasteiger partial charge on any atom is -0.411 e. The lowest BCUT2D eigenvalue weighted by Gasteiger charge is -2.18. The highest BCUT2D eigenvalue weighted by atomic mass is 16.4. The van der Waals surface area contributed by atoms with Crippen LogP contribution in [0.25, 0.3) is 0 Å². The van der Waals surface area contributed by atoms with Gasteiger partial charge in [0.05, 0.1) is 25.3 Å². The minimum absolute atomic E-state index is 0.0136. The fourth-order valence-corrected chi connectivity index (χ4v) is 2.22. The second-order valence-electron chi connectivity index (χ2n) is 6.66. The SMILES string of the molecule is CCCCN(C)CC(=O)CNC(=O)C(CC)NC(=O)C(N)=NC/C(=N/O)C(C)=N. The molecule has 0 fully saturated rings. The van der Waals surface area contributed by atoms with Crippen molar-refractivity contribution in [1.82, 2.24) is 15.5 Å². The van der Waals surface area contributed by atoms with E-state index >= 15 is 0 Å². The molecular formula is C18H33N7O4. The summed E-state index contributed by atoms with van der Waals surface area (Å²) in [6.07, 6.45) is 2.32. The van der Waals surface area contributed by atoms with Crippen molar-refractivity contribution in [1.29, 1.82) is 5.41 Å². The third-order valence-electron chi connectivity index (χ3n) is 4.01. The monoisotopic (exact) mass is 411 g/mol. The molecule has 0 aliphatic rings. The normalized spacial score (nSPS) is 13.1. The molecule has 1 unspecified atom stereocenters. The lowest BCUT2D eigenvalue weighted by atomic mass is 10.2. The van der Waals surface area contributed by atoms with Gasteiger partial charge in [0.25, 0.3) is 5.91 Å². The number of hydrogen-bond acceptors (Lipinski definition) is 8. The van der Waals surface area contributed by atoms with Crippen molar-refractivity contribution in [2.24, 2.45) is 15.9 Å². The molecule has 11 nitrogen and oxygen atoms in total. The molecule has 0 saturated heterocycles. The Hall–Kier alpha value is -2.82. The van der Waals surface area contributed by atoms with Crippen LogP contribution in [0.5, 0.6) is 0 Å². The van der Waals surface area contributed by atoms with E-state index in [4.69, 9.17) is 16.4 Å². The summed E-state index contributed by atoms with van der Waals surface area (Å²) in [5.74, 6) is -1.80. The molecule has 11 heteroatoms. The molecule has 0 aliphatic heterocycles. The Morgan fingerprint density at radius 2 is 1.93 bits per heavy atom. The molecule has 0 bridgehead atoms. The van der Waals surface area contributed by atoms with Crippen LogP contribution >= 0.6 is 0 Å². The smallest absolute Gasteiger partial charge is 0.286 e. The molecule has 1 atom stereocenters. The van der Waals surface area contributed by atoms with Crippen molar-refractivity contribution in [2.75, 3.05) is 33.2 Å². The number of ketones is 1. The quantitative estimate of drug-likeness (QED) is 0.118. The Kier molecular flexibility index (Phi) is 12.8. The number of hydrogen-bond donors (Lipinski definition) is 5. The van der Waals surface area contributed by atoms with Gasteiger partial charge in [-0.3, -0.25) is 24.3 Å². The van der Waals surface area contributed by atoms with Crippen molar-refractivity contribution in [3.63, 3.8) is 0 Å². The largest absolute Gasteiger partial charge is 0.411 e. The molecule has 0 aromatic heterocycles. The number of amides is 2. The van der Waals surface area contributed by atoms with Crippen LogP contribution in [0.4, 0.5) is 0 Å². The molecule has 0 aromatic carbocycles. The summed E-state index contributed by atoms with van der Waals surface area (Å²) in [7, 11) is 1.85. The number of aliphatic imine (C=N–C) groups is 1. The van der Waals surface area contributed by atoms with E-state index in [1.54, 1.807) is 6.92 Å². The first kappa shape index (κ1) is 26.2. The van der Waals surface area contributed by atoms with Gasteiger partial charge < -0.3 is 27.0 Å². The maximum atomic E-state index is 12.2. The molecule has 164 valence electrons. The zero-order chi connectivity index (χ0) is 22.4. The number of rotatable bonds is 13. The Labute approximate surface area is 171 Å². The number of nitrogens with two attached hydrogens (primary N) is 1. The number of unbranched alkanes of at least 4 members (excludes halogenated alkanes) is 1. The van der Waals surface area contributed by atoms with Crippen molar-refractivity contribution in [3.8, 4) is 0 Å². The van der Waals surface area contributed by atoms with Gasteiger partial charge in [-0.15, -0.1) is 0 Å². The summed E-state index contributed by atoms with van der Waals surface area (Å²) in [4.78, 5) is 42.0. The molecule has 0 aliphatic carbocycles. The minimum atomic E-state index is -0.877. The van der Waals surface area contributed by atoms with Gasteiger partial charge in [-0.05, 0) is 33.4 Å². The number of carbonyl (C=O) groups excluding carboxylic acids is 3. The molecule has 2 amide bonds. The van der Waals surface area contributed by atoms with Gasteiger partial charge in [0, 0.05) is 0 Å². The van der Waals surface area contributed by atoms with Crippen LogP contribution in [-0.2, 0) is 14.4 Å². The molecule has 0 aromatic rings. The van der Waals surface area contributed by atoms with Crippen molar-refractivity contribution in [2.45, 2.75) is 46.1 Å². The number of likely N-dealkylation sites (N-methyl/N-ethyl adjacent to an activating group) is 1. The van der Waals surface area contributed by atoms with Crippen LogP contribution in [0.2, 0.25) is 0 Å². The predicted octanol–water partition coefficient (Wildman–Crippen LogP) is -0.475. The molecule has 6 N–H and O–H groups in total.